The number of alkyl halides is 3. The smallest absolute Gasteiger partial charge is 0.346 e. The zero-order valence-electron chi connectivity index (χ0n) is 12.6. The second kappa shape index (κ2) is 7.08. The van der Waals surface area contributed by atoms with Gasteiger partial charge in [-0.3, -0.25) is 9.36 Å². The summed E-state index contributed by atoms with van der Waals surface area (Å²) < 4.78 is 37.9. The minimum absolute atomic E-state index is 0.127. The number of rotatable bonds is 5. The number of imidazole rings is 1. The van der Waals surface area contributed by atoms with E-state index < -0.39 is 18.6 Å². The Balaban J connectivity index is 2.01. The maximum absolute atomic E-state index is 12.0. The number of carbonyl (C=O) groups excluding carboxylic acids is 1. The monoisotopic (exact) mass is 343 g/mol. The van der Waals surface area contributed by atoms with E-state index in [1.54, 1.807) is 17.0 Å². The number of hydrogen-bond acceptors (Lipinski definition) is 3. The number of amides is 1. The molecule has 124 valence electrons. The zero-order chi connectivity index (χ0) is 17.0. The van der Waals surface area contributed by atoms with Gasteiger partial charge < -0.3 is 5.32 Å². The van der Waals surface area contributed by atoms with Crippen molar-refractivity contribution in [3.05, 3.63) is 41.7 Å². The lowest BCUT2D eigenvalue weighted by molar-refractivity contribution is -0.136. The highest BCUT2D eigenvalue weighted by Crippen LogP contribution is 2.22. The summed E-state index contributed by atoms with van der Waals surface area (Å²) in [5, 5.41) is 2.39. The summed E-state index contributed by atoms with van der Waals surface area (Å²) in [6.45, 7) is 2.68. The number of nitrogens with one attached hydrogen (secondary N) is 1. The molecule has 4 nitrogen and oxygen atoms in total. The average molecular weight is 343 g/mol. The van der Waals surface area contributed by atoms with E-state index in [1.807, 2.05) is 37.4 Å². The average Bonchev–Trinajstić information content (AvgIpc) is 2.93. The molecule has 1 aromatic heterocycles. The number of benzene rings is 1. The summed E-state index contributed by atoms with van der Waals surface area (Å²) >= 11 is 1.09. The lowest BCUT2D eigenvalue weighted by Gasteiger charge is -2.10. The van der Waals surface area contributed by atoms with Crippen LogP contribution in [0.1, 0.15) is 11.1 Å². The fraction of sp³-hybridized carbons (Fsp3) is 0.333. The van der Waals surface area contributed by atoms with Crippen LogP contribution >= 0.6 is 11.8 Å². The van der Waals surface area contributed by atoms with Gasteiger partial charge in [0, 0.05) is 18.1 Å². The molecule has 1 amide bonds. The molecule has 1 aromatic carbocycles. The molecule has 0 saturated carbocycles. The normalized spacial score (nSPS) is 11.5. The minimum Gasteiger partial charge on any atom is -0.346 e. The third kappa shape index (κ3) is 5.02. The number of aryl methyl sites for hydroxylation is 2. The van der Waals surface area contributed by atoms with Crippen molar-refractivity contribution in [1.29, 1.82) is 0 Å². The Morgan fingerprint density at radius 2 is 2.04 bits per heavy atom. The third-order valence-electron chi connectivity index (χ3n) is 3.19. The van der Waals surface area contributed by atoms with E-state index in [4.69, 9.17) is 0 Å². The van der Waals surface area contributed by atoms with E-state index in [0.717, 1.165) is 28.6 Å². The maximum atomic E-state index is 12.0. The molecular formula is C15H16F3N3OS. The van der Waals surface area contributed by atoms with Crippen LogP contribution in [0, 0.1) is 13.8 Å². The third-order valence-corrected chi connectivity index (χ3v) is 4.16. The van der Waals surface area contributed by atoms with Crippen molar-refractivity contribution in [2.24, 2.45) is 0 Å². The molecule has 1 N–H and O–H groups in total. The molecule has 0 aliphatic rings. The predicted octanol–water partition coefficient (Wildman–Crippen LogP) is 3.26. The first kappa shape index (κ1) is 17.4. The molecule has 0 fully saturated rings. The van der Waals surface area contributed by atoms with Crippen LogP contribution in [-0.4, -0.2) is 33.9 Å². The van der Waals surface area contributed by atoms with Gasteiger partial charge in [-0.1, -0.05) is 17.8 Å². The standard InChI is InChI=1S/C15H16F3N3OS/c1-10-3-4-12(7-11(10)2)21-6-5-19-14(21)23-8-13(22)20-9-15(16,17)18/h3-7H,8-9H2,1-2H3,(H,20,22). The lowest BCUT2D eigenvalue weighted by atomic mass is 10.1. The molecule has 23 heavy (non-hydrogen) atoms. The number of thioether (sulfide) groups is 1. The summed E-state index contributed by atoms with van der Waals surface area (Å²) in [5.74, 6) is -0.806. The molecule has 0 atom stereocenters. The fourth-order valence-corrected chi connectivity index (χ4v) is 2.65. The molecular weight excluding hydrogens is 327 g/mol. The quantitative estimate of drug-likeness (QED) is 0.848. The van der Waals surface area contributed by atoms with E-state index in [1.165, 1.54) is 0 Å². The summed E-state index contributed by atoms with van der Waals surface area (Å²) in [6.07, 6.45) is -1.07. The fourth-order valence-electron chi connectivity index (χ4n) is 1.85. The molecule has 0 radical (unpaired) electrons. The molecule has 0 spiro atoms. The number of aromatic nitrogens is 2. The van der Waals surface area contributed by atoms with Gasteiger partial charge in [-0.15, -0.1) is 0 Å². The summed E-state index contributed by atoms with van der Waals surface area (Å²) in [4.78, 5) is 15.6. The number of carbonyl (C=O) groups is 1. The second-order valence-electron chi connectivity index (χ2n) is 5.03. The van der Waals surface area contributed by atoms with Gasteiger partial charge in [0.15, 0.2) is 5.16 Å². The Hall–Kier alpha value is -1.96. The second-order valence-corrected chi connectivity index (χ2v) is 5.97. The van der Waals surface area contributed by atoms with Crippen LogP contribution in [0.5, 0.6) is 0 Å². The van der Waals surface area contributed by atoms with Crippen molar-refractivity contribution < 1.29 is 18.0 Å². The molecule has 0 aliphatic carbocycles. The van der Waals surface area contributed by atoms with Gasteiger partial charge in [0.1, 0.15) is 6.54 Å². The van der Waals surface area contributed by atoms with E-state index in [-0.39, 0.29) is 5.75 Å². The van der Waals surface area contributed by atoms with Crippen molar-refractivity contribution in [2.45, 2.75) is 25.2 Å². The minimum atomic E-state index is -4.40. The van der Waals surface area contributed by atoms with Gasteiger partial charge in [-0.05, 0) is 37.1 Å². The van der Waals surface area contributed by atoms with E-state index in [2.05, 4.69) is 4.98 Å². The number of nitrogens with zero attached hydrogens (tertiary/aromatic N) is 2. The first-order valence-corrected chi connectivity index (χ1v) is 7.82. The Kier molecular flexibility index (Phi) is 5.35. The van der Waals surface area contributed by atoms with Crippen LogP contribution in [0.15, 0.2) is 35.7 Å². The van der Waals surface area contributed by atoms with Crippen molar-refractivity contribution >= 4 is 17.7 Å². The number of halogens is 3. The van der Waals surface area contributed by atoms with Crippen molar-refractivity contribution in [1.82, 2.24) is 14.9 Å². The Morgan fingerprint density at radius 3 is 2.70 bits per heavy atom. The molecule has 0 saturated heterocycles. The summed E-state index contributed by atoms with van der Waals surface area (Å²) in [5.41, 5.74) is 3.17. The van der Waals surface area contributed by atoms with Gasteiger partial charge in [0.2, 0.25) is 5.91 Å². The van der Waals surface area contributed by atoms with Gasteiger partial charge in [0.25, 0.3) is 0 Å². The largest absolute Gasteiger partial charge is 0.405 e. The van der Waals surface area contributed by atoms with Crippen LogP contribution in [-0.2, 0) is 4.79 Å². The Morgan fingerprint density at radius 1 is 1.30 bits per heavy atom. The van der Waals surface area contributed by atoms with E-state index >= 15 is 0 Å². The maximum Gasteiger partial charge on any atom is 0.405 e. The Labute approximate surface area is 136 Å². The lowest BCUT2D eigenvalue weighted by Crippen LogP contribution is -2.34. The predicted molar refractivity (Wildman–Crippen MR) is 82.8 cm³/mol. The van der Waals surface area contributed by atoms with Crippen molar-refractivity contribution in [3.8, 4) is 5.69 Å². The Bertz CT molecular complexity index is 698. The highest BCUT2D eigenvalue weighted by Gasteiger charge is 2.27. The molecule has 8 heteroatoms. The molecule has 1 heterocycles. The van der Waals surface area contributed by atoms with Gasteiger partial charge in [-0.2, -0.15) is 13.2 Å². The number of hydrogen-bond donors (Lipinski definition) is 1. The molecule has 0 unspecified atom stereocenters. The van der Waals surface area contributed by atoms with Crippen LogP contribution in [0.25, 0.3) is 5.69 Å². The van der Waals surface area contributed by atoms with E-state index in [0.29, 0.717) is 5.16 Å². The first-order valence-electron chi connectivity index (χ1n) is 6.83. The van der Waals surface area contributed by atoms with Crippen molar-refractivity contribution in [3.63, 3.8) is 0 Å². The summed E-state index contributed by atoms with van der Waals surface area (Å²) in [7, 11) is 0. The van der Waals surface area contributed by atoms with Crippen LogP contribution in [0.3, 0.4) is 0 Å². The van der Waals surface area contributed by atoms with Gasteiger partial charge in [-0.25, -0.2) is 4.98 Å². The zero-order valence-corrected chi connectivity index (χ0v) is 13.5. The molecule has 2 rings (SSSR count). The first-order chi connectivity index (χ1) is 10.8. The highest BCUT2D eigenvalue weighted by atomic mass is 32.2. The van der Waals surface area contributed by atoms with E-state index in [9.17, 15) is 18.0 Å². The van der Waals surface area contributed by atoms with Gasteiger partial charge >= 0.3 is 6.18 Å². The van der Waals surface area contributed by atoms with Crippen LogP contribution in [0.4, 0.5) is 13.2 Å². The van der Waals surface area contributed by atoms with Gasteiger partial charge in [0.05, 0.1) is 5.75 Å². The SMILES string of the molecule is Cc1ccc(-n2ccnc2SCC(=O)NCC(F)(F)F)cc1C. The van der Waals surface area contributed by atoms with Crippen LogP contribution < -0.4 is 5.32 Å². The topological polar surface area (TPSA) is 46.9 Å². The van der Waals surface area contributed by atoms with Crippen LogP contribution in [0.2, 0.25) is 0 Å². The van der Waals surface area contributed by atoms with Crippen molar-refractivity contribution in [2.75, 3.05) is 12.3 Å². The highest BCUT2D eigenvalue weighted by molar-refractivity contribution is 7.99. The molecule has 2 aromatic rings. The summed E-state index contributed by atoms with van der Waals surface area (Å²) in [6, 6.07) is 5.90. The molecule has 0 bridgehead atoms. The molecule has 0 aliphatic heterocycles.